The first-order valence-electron chi connectivity index (χ1n) is 11.3. The average molecular weight is 524 g/mol. The Morgan fingerprint density at radius 3 is 2.56 bits per heavy atom. The number of hydrogen-bond acceptors (Lipinski definition) is 6. The molecule has 3 aromatic carbocycles. The second kappa shape index (κ2) is 11.5. The number of methoxy groups -OCH3 is 2. The fourth-order valence-corrected chi connectivity index (χ4v) is 4.88. The minimum Gasteiger partial charge on any atom is -0.493 e. The van der Waals surface area contributed by atoms with Gasteiger partial charge in [0.05, 0.1) is 36.6 Å². The molecule has 0 aliphatic rings. The number of carbonyl (C=O) groups excluding carboxylic acids is 1. The maximum atomic E-state index is 13.3. The number of likely N-dealkylation sites (N-methyl/N-ethyl adjacent to an activating group) is 1. The summed E-state index contributed by atoms with van der Waals surface area (Å²) in [5, 5.41) is 1.44. The number of benzene rings is 3. The molecule has 0 aliphatic heterocycles. The van der Waals surface area contributed by atoms with E-state index in [1.165, 1.54) is 16.3 Å². The predicted molar refractivity (Wildman–Crippen MR) is 144 cm³/mol. The van der Waals surface area contributed by atoms with Crippen LogP contribution in [-0.2, 0) is 11.2 Å². The minimum absolute atomic E-state index is 0.0690. The van der Waals surface area contributed by atoms with Crippen molar-refractivity contribution < 1.29 is 14.3 Å². The van der Waals surface area contributed by atoms with Gasteiger partial charge in [-0.25, -0.2) is 4.98 Å². The lowest BCUT2D eigenvalue weighted by Crippen LogP contribution is -2.30. The molecule has 1 aromatic heterocycles. The molecule has 0 bridgehead atoms. The van der Waals surface area contributed by atoms with Gasteiger partial charge in [-0.3, -0.25) is 14.2 Å². The van der Waals surface area contributed by atoms with E-state index in [0.717, 1.165) is 5.56 Å². The van der Waals surface area contributed by atoms with Crippen molar-refractivity contribution in [3.63, 3.8) is 0 Å². The van der Waals surface area contributed by atoms with Crippen LogP contribution in [0, 0.1) is 0 Å². The number of para-hydroxylation sites is 1. The van der Waals surface area contributed by atoms with Crippen LogP contribution in [0.1, 0.15) is 5.56 Å². The Morgan fingerprint density at radius 1 is 1.03 bits per heavy atom. The zero-order valence-electron chi connectivity index (χ0n) is 20.2. The number of halogens is 1. The molecule has 4 aromatic rings. The summed E-state index contributed by atoms with van der Waals surface area (Å²) >= 11 is 7.42. The van der Waals surface area contributed by atoms with Crippen LogP contribution >= 0.6 is 23.4 Å². The number of thioether (sulfide) groups is 1. The number of nitrogens with zero attached hydrogens (tertiary/aromatic N) is 3. The van der Waals surface area contributed by atoms with Crippen LogP contribution in [0.3, 0.4) is 0 Å². The van der Waals surface area contributed by atoms with Crippen LogP contribution in [0.15, 0.2) is 76.7 Å². The molecule has 1 amide bonds. The van der Waals surface area contributed by atoms with E-state index in [1.54, 1.807) is 68.6 Å². The van der Waals surface area contributed by atoms with Crippen molar-refractivity contribution in [2.75, 3.05) is 33.6 Å². The summed E-state index contributed by atoms with van der Waals surface area (Å²) in [4.78, 5) is 32.6. The standard InChI is InChI=1S/C27H26ClN3O4S/c1-30(14-13-18-11-12-23(34-2)24(15-18)35-3)25(32)17-36-27-29-22-10-5-4-9-21(22)26(33)31(27)20-8-6-7-19(28)16-20/h4-12,15-16H,13-14,17H2,1-3H3. The van der Waals surface area contributed by atoms with E-state index in [0.29, 0.717) is 51.2 Å². The molecule has 9 heteroatoms. The van der Waals surface area contributed by atoms with Gasteiger partial charge >= 0.3 is 0 Å². The van der Waals surface area contributed by atoms with E-state index in [2.05, 4.69) is 4.98 Å². The molecule has 7 nitrogen and oxygen atoms in total. The summed E-state index contributed by atoms with van der Waals surface area (Å²) in [7, 11) is 4.96. The lowest BCUT2D eigenvalue weighted by molar-refractivity contribution is -0.127. The third-order valence-corrected chi connectivity index (χ3v) is 6.90. The second-order valence-corrected chi connectivity index (χ2v) is 9.45. The molecule has 36 heavy (non-hydrogen) atoms. The molecule has 0 aliphatic carbocycles. The average Bonchev–Trinajstić information content (AvgIpc) is 2.90. The van der Waals surface area contributed by atoms with E-state index < -0.39 is 0 Å². The topological polar surface area (TPSA) is 73.7 Å². The maximum Gasteiger partial charge on any atom is 0.266 e. The maximum absolute atomic E-state index is 13.3. The first kappa shape index (κ1) is 25.6. The molecular weight excluding hydrogens is 498 g/mol. The lowest BCUT2D eigenvalue weighted by atomic mass is 10.1. The Labute approximate surface area is 218 Å². The van der Waals surface area contributed by atoms with E-state index in [1.807, 2.05) is 24.3 Å². The number of amides is 1. The van der Waals surface area contributed by atoms with Gasteiger partial charge in [0.1, 0.15) is 0 Å². The van der Waals surface area contributed by atoms with Gasteiger partial charge in [0, 0.05) is 18.6 Å². The summed E-state index contributed by atoms with van der Waals surface area (Å²) in [5.74, 6) is 1.38. The Morgan fingerprint density at radius 2 is 1.81 bits per heavy atom. The van der Waals surface area contributed by atoms with Gasteiger partial charge in [0.15, 0.2) is 16.7 Å². The highest BCUT2D eigenvalue weighted by Crippen LogP contribution is 2.28. The lowest BCUT2D eigenvalue weighted by Gasteiger charge is -2.18. The molecule has 4 rings (SSSR count). The van der Waals surface area contributed by atoms with E-state index in [-0.39, 0.29) is 17.2 Å². The predicted octanol–water partition coefficient (Wildman–Crippen LogP) is 4.85. The van der Waals surface area contributed by atoms with Gasteiger partial charge in [-0.05, 0) is 54.4 Å². The summed E-state index contributed by atoms with van der Waals surface area (Å²) < 4.78 is 12.2. The summed E-state index contributed by atoms with van der Waals surface area (Å²) in [6, 6.07) is 19.9. The van der Waals surface area contributed by atoms with Gasteiger partial charge in [-0.1, -0.05) is 47.6 Å². The van der Waals surface area contributed by atoms with E-state index in [9.17, 15) is 9.59 Å². The monoisotopic (exact) mass is 523 g/mol. The van der Waals surface area contributed by atoms with E-state index >= 15 is 0 Å². The number of rotatable bonds is 9. The number of ether oxygens (including phenoxy) is 2. The molecule has 0 unspecified atom stereocenters. The smallest absolute Gasteiger partial charge is 0.266 e. The Hall–Kier alpha value is -3.49. The van der Waals surface area contributed by atoms with Crippen molar-refractivity contribution >= 4 is 40.2 Å². The van der Waals surface area contributed by atoms with Crippen molar-refractivity contribution in [2.24, 2.45) is 0 Å². The van der Waals surface area contributed by atoms with Gasteiger partial charge in [0.25, 0.3) is 5.56 Å². The SMILES string of the molecule is COc1ccc(CCN(C)C(=O)CSc2nc3ccccc3c(=O)n2-c2cccc(Cl)c2)cc1OC. The Bertz CT molecular complexity index is 1460. The first-order valence-corrected chi connectivity index (χ1v) is 12.6. The molecule has 0 saturated heterocycles. The highest BCUT2D eigenvalue weighted by atomic mass is 35.5. The minimum atomic E-state index is -0.209. The zero-order valence-corrected chi connectivity index (χ0v) is 21.8. The first-order chi connectivity index (χ1) is 17.4. The van der Waals surface area contributed by atoms with Crippen molar-refractivity contribution in [1.82, 2.24) is 14.5 Å². The molecular formula is C27H26ClN3O4S. The van der Waals surface area contributed by atoms with Crippen LogP contribution in [0.5, 0.6) is 11.5 Å². The Balaban J connectivity index is 1.51. The number of fused-ring (bicyclic) bond motifs is 1. The van der Waals surface area contributed by atoms with Crippen molar-refractivity contribution in [1.29, 1.82) is 0 Å². The zero-order chi connectivity index (χ0) is 25.7. The quantitative estimate of drug-likeness (QED) is 0.231. The van der Waals surface area contributed by atoms with Crippen LogP contribution in [-0.4, -0.2) is 53.9 Å². The van der Waals surface area contributed by atoms with Crippen LogP contribution < -0.4 is 15.0 Å². The number of hydrogen-bond donors (Lipinski definition) is 0. The second-order valence-electron chi connectivity index (χ2n) is 8.08. The fourth-order valence-electron chi connectivity index (χ4n) is 3.75. The van der Waals surface area contributed by atoms with Gasteiger partial charge in [0.2, 0.25) is 5.91 Å². The molecule has 1 heterocycles. The van der Waals surface area contributed by atoms with Crippen molar-refractivity contribution in [3.05, 3.63) is 87.7 Å². The normalized spacial score (nSPS) is 10.9. The molecule has 0 fully saturated rings. The number of aromatic nitrogens is 2. The van der Waals surface area contributed by atoms with Gasteiger partial charge < -0.3 is 14.4 Å². The van der Waals surface area contributed by atoms with Crippen LogP contribution in [0.4, 0.5) is 0 Å². The number of carbonyl (C=O) groups is 1. The largest absolute Gasteiger partial charge is 0.493 e. The summed E-state index contributed by atoms with van der Waals surface area (Å²) in [6.45, 7) is 0.529. The van der Waals surface area contributed by atoms with Crippen molar-refractivity contribution in [2.45, 2.75) is 11.6 Å². The highest BCUT2D eigenvalue weighted by molar-refractivity contribution is 7.99. The van der Waals surface area contributed by atoms with Crippen LogP contribution in [0.25, 0.3) is 16.6 Å². The molecule has 0 spiro atoms. The van der Waals surface area contributed by atoms with Gasteiger partial charge in [-0.15, -0.1) is 0 Å². The fraction of sp³-hybridized carbons (Fsp3) is 0.222. The molecule has 186 valence electrons. The third-order valence-electron chi connectivity index (χ3n) is 5.75. The van der Waals surface area contributed by atoms with Gasteiger partial charge in [-0.2, -0.15) is 0 Å². The van der Waals surface area contributed by atoms with E-state index in [4.69, 9.17) is 21.1 Å². The highest BCUT2D eigenvalue weighted by Gasteiger charge is 2.17. The Kier molecular flexibility index (Phi) is 8.18. The molecule has 0 atom stereocenters. The molecule has 0 radical (unpaired) electrons. The van der Waals surface area contributed by atoms with Crippen LogP contribution in [0.2, 0.25) is 5.02 Å². The third kappa shape index (κ3) is 5.66. The molecule has 0 N–H and O–H groups in total. The molecule has 0 saturated carbocycles. The van der Waals surface area contributed by atoms with Crippen molar-refractivity contribution in [3.8, 4) is 17.2 Å². The summed E-state index contributed by atoms with van der Waals surface area (Å²) in [5.41, 5.74) is 2.01. The summed E-state index contributed by atoms with van der Waals surface area (Å²) in [6.07, 6.45) is 0.661.